The van der Waals surface area contributed by atoms with Crippen LogP contribution in [0.4, 0.5) is 5.69 Å². The zero-order chi connectivity index (χ0) is 18.1. The van der Waals surface area contributed by atoms with Gasteiger partial charge in [0, 0.05) is 25.5 Å². The first-order valence-electron chi connectivity index (χ1n) is 7.75. The molecule has 9 heteroatoms. The molecular weight excluding hydrogens is 346 g/mol. The van der Waals surface area contributed by atoms with Crippen molar-refractivity contribution in [2.45, 2.75) is 33.1 Å². The second kappa shape index (κ2) is 6.64. The summed E-state index contributed by atoms with van der Waals surface area (Å²) in [6.07, 6.45) is 2.10. The number of rotatable bonds is 5. The zero-order valence-electron chi connectivity index (χ0n) is 13.8. The number of fused-ring (bicyclic) bond motifs is 1. The highest BCUT2D eigenvalue weighted by molar-refractivity contribution is 6.34. The van der Waals surface area contributed by atoms with Crippen LogP contribution < -0.4 is 0 Å². The van der Waals surface area contributed by atoms with E-state index in [1.807, 2.05) is 0 Å². The average molecular weight is 362 g/mol. The van der Waals surface area contributed by atoms with Gasteiger partial charge in [0.25, 0.3) is 5.69 Å². The van der Waals surface area contributed by atoms with Gasteiger partial charge in [0.2, 0.25) is 5.91 Å². The number of hydrogen-bond donors (Lipinski definition) is 0. The lowest BCUT2D eigenvalue weighted by Crippen LogP contribution is -2.08. The molecule has 0 fully saturated rings. The largest absolute Gasteiger partial charge is 0.273 e. The molecule has 0 spiro atoms. The fourth-order valence-electron chi connectivity index (χ4n) is 2.67. The third kappa shape index (κ3) is 3.25. The molecule has 2 aromatic heterocycles. The van der Waals surface area contributed by atoms with Crippen molar-refractivity contribution < 1.29 is 9.72 Å². The Morgan fingerprint density at radius 2 is 1.92 bits per heavy atom. The van der Waals surface area contributed by atoms with Crippen LogP contribution in [0.2, 0.25) is 5.02 Å². The Morgan fingerprint density at radius 1 is 1.24 bits per heavy atom. The number of nitro benzene ring substituents is 1. The maximum Gasteiger partial charge on any atom is 0.269 e. The Hall–Kier alpha value is -2.74. The van der Waals surface area contributed by atoms with Gasteiger partial charge < -0.3 is 0 Å². The predicted molar refractivity (Wildman–Crippen MR) is 92.1 cm³/mol. The molecule has 0 atom stereocenters. The smallest absolute Gasteiger partial charge is 0.269 e. The first-order chi connectivity index (χ1) is 11.9. The molecule has 0 N–H and O–H groups in total. The standard InChI is InChI=1S/C16H16ClN5O3/c1-10-15(17)16-20(11(2)23)19-14(21(16)18-10)5-3-4-12-6-8-13(9-7-12)22(24)25/h6-9H,3-5H2,1-2H3. The Balaban J connectivity index is 1.76. The van der Waals surface area contributed by atoms with Crippen molar-refractivity contribution in [1.82, 2.24) is 19.4 Å². The van der Waals surface area contributed by atoms with Crippen molar-refractivity contribution in [2.75, 3.05) is 0 Å². The van der Waals surface area contributed by atoms with Crippen molar-refractivity contribution in [3.05, 3.63) is 56.5 Å². The van der Waals surface area contributed by atoms with Crippen molar-refractivity contribution in [1.29, 1.82) is 0 Å². The SMILES string of the molecule is CC(=O)n1nc(CCCc2ccc([N+](=O)[O-])cc2)n2nc(C)c(Cl)c12. The van der Waals surface area contributed by atoms with Gasteiger partial charge in [-0.2, -0.15) is 14.3 Å². The molecule has 25 heavy (non-hydrogen) atoms. The number of halogens is 1. The molecule has 1 aromatic carbocycles. The van der Waals surface area contributed by atoms with E-state index in [0.717, 1.165) is 18.4 Å². The number of aryl methyl sites for hydroxylation is 3. The molecule has 0 aliphatic rings. The lowest BCUT2D eigenvalue weighted by molar-refractivity contribution is -0.384. The highest BCUT2D eigenvalue weighted by Gasteiger charge is 2.19. The molecule has 8 nitrogen and oxygen atoms in total. The van der Waals surface area contributed by atoms with Crippen LogP contribution in [0.15, 0.2) is 24.3 Å². The normalized spacial score (nSPS) is 11.2. The Bertz CT molecular complexity index is 958. The van der Waals surface area contributed by atoms with Crippen LogP contribution in [0.1, 0.15) is 35.2 Å². The first-order valence-corrected chi connectivity index (χ1v) is 8.13. The zero-order valence-corrected chi connectivity index (χ0v) is 14.5. The van der Waals surface area contributed by atoms with Crippen molar-refractivity contribution in [3.63, 3.8) is 0 Å². The van der Waals surface area contributed by atoms with E-state index in [0.29, 0.717) is 28.6 Å². The van der Waals surface area contributed by atoms with E-state index in [2.05, 4.69) is 10.2 Å². The van der Waals surface area contributed by atoms with E-state index in [9.17, 15) is 14.9 Å². The Labute approximate surface area is 148 Å². The number of nitro groups is 1. The van der Waals surface area contributed by atoms with Gasteiger partial charge in [-0.1, -0.05) is 23.7 Å². The Kier molecular flexibility index (Phi) is 4.54. The topological polar surface area (TPSA) is 95.3 Å². The molecule has 0 unspecified atom stereocenters. The molecule has 3 rings (SSSR count). The second-order valence-electron chi connectivity index (χ2n) is 5.76. The summed E-state index contributed by atoms with van der Waals surface area (Å²) in [7, 11) is 0. The third-order valence-corrected chi connectivity index (χ3v) is 4.38. The van der Waals surface area contributed by atoms with Gasteiger partial charge in [0.15, 0.2) is 11.5 Å². The van der Waals surface area contributed by atoms with E-state index in [-0.39, 0.29) is 11.6 Å². The van der Waals surface area contributed by atoms with Crippen molar-refractivity contribution in [2.24, 2.45) is 0 Å². The monoisotopic (exact) mass is 361 g/mol. The number of benzene rings is 1. The molecule has 0 bridgehead atoms. The maximum atomic E-state index is 11.8. The van der Waals surface area contributed by atoms with Crippen LogP contribution in [0, 0.1) is 17.0 Å². The summed E-state index contributed by atoms with van der Waals surface area (Å²) in [5, 5.41) is 19.7. The molecular formula is C16H16ClN5O3. The Morgan fingerprint density at radius 3 is 2.52 bits per heavy atom. The van der Waals surface area contributed by atoms with E-state index in [1.54, 1.807) is 23.6 Å². The summed E-state index contributed by atoms with van der Waals surface area (Å²) in [5.41, 5.74) is 2.21. The molecule has 0 saturated carbocycles. The molecule has 0 radical (unpaired) electrons. The van der Waals surface area contributed by atoms with Gasteiger partial charge in [-0.3, -0.25) is 14.9 Å². The van der Waals surface area contributed by atoms with E-state index < -0.39 is 4.92 Å². The first kappa shape index (κ1) is 17.1. The number of aromatic nitrogens is 4. The van der Waals surface area contributed by atoms with Gasteiger partial charge >= 0.3 is 0 Å². The average Bonchev–Trinajstić information content (AvgIpc) is 3.06. The lowest BCUT2D eigenvalue weighted by Gasteiger charge is -2.00. The summed E-state index contributed by atoms with van der Waals surface area (Å²) < 4.78 is 2.87. The summed E-state index contributed by atoms with van der Waals surface area (Å²) >= 11 is 6.22. The summed E-state index contributed by atoms with van der Waals surface area (Å²) in [6, 6.07) is 6.48. The molecule has 0 amide bonds. The number of non-ortho nitro benzene ring substituents is 1. The number of hydrogen-bond acceptors (Lipinski definition) is 5. The van der Waals surface area contributed by atoms with Gasteiger partial charge in [0.1, 0.15) is 5.02 Å². The predicted octanol–water partition coefficient (Wildman–Crippen LogP) is 3.24. The minimum Gasteiger partial charge on any atom is -0.273 e. The van der Waals surface area contributed by atoms with E-state index in [1.165, 1.54) is 23.7 Å². The number of nitrogens with zero attached hydrogens (tertiary/aromatic N) is 5. The molecule has 0 aliphatic carbocycles. The minimum atomic E-state index is -0.418. The summed E-state index contributed by atoms with van der Waals surface area (Å²) in [4.78, 5) is 22.0. The van der Waals surface area contributed by atoms with Crippen LogP contribution in [-0.4, -0.2) is 30.2 Å². The van der Waals surface area contributed by atoms with Gasteiger partial charge in [-0.05, 0) is 25.3 Å². The van der Waals surface area contributed by atoms with Crippen molar-refractivity contribution in [3.8, 4) is 0 Å². The van der Waals surface area contributed by atoms with Crippen LogP contribution in [0.25, 0.3) is 5.65 Å². The van der Waals surface area contributed by atoms with Crippen molar-refractivity contribution >= 4 is 28.8 Å². The summed E-state index contributed by atoms with van der Waals surface area (Å²) in [6.45, 7) is 3.20. The van der Waals surface area contributed by atoms with Crippen LogP contribution >= 0.6 is 11.6 Å². The lowest BCUT2D eigenvalue weighted by atomic mass is 10.1. The van der Waals surface area contributed by atoms with Gasteiger partial charge in [-0.15, -0.1) is 5.10 Å². The molecule has 0 saturated heterocycles. The van der Waals surface area contributed by atoms with Crippen LogP contribution in [-0.2, 0) is 12.8 Å². The van der Waals surface area contributed by atoms with Crippen LogP contribution in [0.3, 0.4) is 0 Å². The fraction of sp³-hybridized carbons (Fsp3) is 0.312. The quantitative estimate of drug-likeness (QED) is 0.513. The second-order valence-corrected chi connectivity index (χ2v) is 6.14. The minimum absolute atomic E-state index is 0.0762. The number of carbonyl (C=O) groups is 1. The van der Waals surface area contributed by atoms with E-state index >= 15 is 0 Å². The van der Waals surface area contributed by atoms with Gasteiger partial charge in [-0.25, -0.2) is 0 Å². The van der Waals surface area contributed by atoms with Gasteiger partial charge in [0.05, 0.1) is 10.6 Å². The molecule has 3 aromatic rings. The molecule has 2 heterocycles. The molecule has 130 valence electrons. The fourth-order valence-corrected chi connectivity index (χ4v) is 2.87. The maximum absolute atomic E-state index is 11.8. The summed E-state index contributed by atoms with van der Waals surface area (Å²) in [5.74, 6) is 0.426. The number of carbonyl (C=O) groups excluding carboxylic acids is 1. The highest BCUT2D eigenvalue weighted by Crippen LogP contribution is 2.23. The highest BCUT2D eigenvalue weighted by atomic mass is 35.5. The molecule has 0 aliphatic heterocycles. The third-order valence-electron chi connectivity index (χ3n) is 3.94. The van der Waals surface area contributed by atoms with E-state index in [4.69, 9.17) is 11.6 Å². The van der Waals surface area contributed by atoms with Crippen LogP contribution in [0.5, 0.6) is 0 Å².